The van der Waals surface area contributed by atoms with Gasteiger partial charge in [-0.1, -0.05) is 44.2 Å². The fourth-order valence-corrected chi connectivity index (χ4v) is 3.25. The van der Waals surface area contributed by atoms with Gasteiger partial charge in [-0.15, -0.1) is 0 Å². The van der Waals surface area contributed by atoms with Crippen molar-refractivity contribution in [1.29, 1.82) is 0 Å². The molecule has 0 radical (unpaired) electrons. The van der Waals surface area contributed by atoms with E-state index in [1.54, 1.807) is 0 Å². The number of hydrogen-bond donors (Lipinski definition) is 0. The van der Waals surface area contributed by atoms with Crippen LogP contribution in [0.3, 0.4) is 0 Å². The van der Waals surface area contributed by atoms with Crippen LogP contribution < -0.4 is 0 Å². The first-order valence-electron chi connectivity index (χ1n) is 6.61. The van der Waals surface area contributed by atoms with E-state index in [1.807, 2.05) is 6.20 Å². The average Bonchev–Trinajstić information content (AvgIpc) is 2.38. The Labute approximate surface area is 121 Å². The summed E-state index contributed by atoms with van der Waals surface area (Å²) in [4.78, 5) is 4.36. The lowest BCUT2D eigenvalue weighted by Gasteiger charge is -2.12. The first-order chi connectivity index (χ1) is 9.16. The van der Waals surface area contributed by atoms with Crippen LogP contribution in [0, 0.1) is 5.92 Å². The number of hydrogen-bond acceptors (Lipinski definition) is 1. The van der Waals surface area contributed by atoms with Gasteiger partial charge in [0, 0.05) is 11.6 Å². The van der Waals surface area contributed by atoms with E-state index >= 15 is 0 Å². The topological polar surface area (TPSA) is 12.9 Å². The molecular weight excluding hydrogens is 298 g/mol. The van der Waals surface area contributed by atoms with Gasteiger partial charge in [-0.3, -0.25) is 0 Å². The summed E-state index contributed by atoms with van der Waals surface area (Å²) in [5.41, 5.74) is 1.43. The summed E-state index contributed by atoms with van der Waals surface area (Å²) < 4.78 is 0.928. The lowest BCUT2D eigenvalue weighted by molar-refractivity contribution is 0.650. The first-order valence-corrected chi connectivity index (χ1v) is 7.41. The van der Waals surface area contributed by atoms with Crippen LogP contribution >= 0.6 is 15.9 Å². The molecule has 2 heteroatoms. The van der Waals surface area contributed by atoms with E-state index < -0.39 is 0 Å². The van der Waals surface area contributed by atoms with Gasteiger partial charge in [0.15, 0.2) is 0 Å². The first kappa shape index (κ1) is 12.6. The zero-order valence-corrected chi connectivity index (χ0v) is 12.7. The normalized spacial score (nSPS) is 11.6. The van der Waals surface area contributed by atoms with Crippen molar-refractivity contribution < 1.29 is 0 Å². The molecule has 0 aliphatic rings. The lowest BCUT2D eigenvalue weighted by atomic mass is 9.93. The van der Waals surface area contributed by atoms with Gasteiger partial charge in [-0.25, -0.2) is 4.98 Å². The second-order valence-corrected chi connectivity index (χ2v) is 6.13. The zero-order valence-electron chi connectivity index (χ0n) is 11.2. The van der Waals surface area contributed by atoms with Crippen LogP contribution in [-0.2, 0) is 6.42 Å². The van der Waals surface area contributed by atoms with E-state index in [-0.39, 0.29) is 0 Å². The number of pyridine rings is 1. The number of halogens is 1. The summed E-state index contributed by atoms with van der Waals surface area (Å²) in [6.07, 6.45) is 2.97. The smallest absolute Gasteiger partial charge is 0.114 e. The third kappa shape index (κ3) is 2.25. The van der Waals surface area contributed by atoms with Crippen LogP contribution in [0.2, 0.25) is 0 Å². The molecule has 0 saturated carbocycles. The van der Waals surface area contributed by atoms with Crippen molar-refractivity contribution in [2.75, 3.05) is 0 Å². The highest BCUT2D eigenvalue weighted by Gasteiger charge is 2.10. The Kier molecular flexibility index (Phi) is 3.28. The van der Waals surface area contributed by atoms with Crippen LogP contribution in [-0.4, -0.2) is 4.98 Å². The third-order valence-electron chi connectivity index (χ3n) is 3.44. The molecule has 0 saturated heterocycles. The molecular formula is C17H16BrN. The van der Waals surface area contributed by atoms with Crippen LogP contribution in [0.5, 0.6) is 0 Å². The summed E-state index contributed by atoms with van der Waals surface area (Å²) in [5, 5.41) is 5.11. The molecule has 0 spiro atoms. The molecule has 0 aliphatic carbocycles. The molecule has 2 aromatic carbocycles. The van der Waals surface area contributed by atoms with Crippen LogP contribution in [0.4, 0.5) is 0 Å². The minimum Gasteiger partial charge on any atom is -0.249 e. The quantitative estimate of drug-likeness (QED) is 0.459. The summed E-state index contributed by atoms with van der Waals surface area (Å²) in [6, 6.07) is 13.0. The summed E-state index contributed by atoms with van der Waals surface area (Å²) in [7, 11) is 0. The van der Waals surface area contributed by atoms with Crippen LogP contribution in [0.15, 0.2) is 47.2 Å². The Hall–Kier alpha value is -1.41. The monoisotopic (exact) mass is 313 g/mol. The fraction of sp³-hybridized carbons (Fsp3) is 0.235. The van der Waals surface area contributed by atoms with E-state index in [0.717, 1.165) is 11.0 Å². The van der Waals surface area contributed by atoms with Gasteiger partial charge >= 0.3 is 0 Å². The minimum absolute atomic E-state index is 0.658. The lowest BCUT2D eigenvalue weighted by Crippen LogP contribution is -1.96. The highest BCUT2D eigenvalue weighted by Crippen LogP contribution is 2.33. The maximum Gasteiger partial charge on any atom is 0.114 e. The zero-order chi connectivity index (χ0) is 13.4. The Morgan fingerprint density at radius 1 is 1.11 bits per heavy atom. The van der Waals surface area contributed by atoms with Crippen LogP contribution in [0.25, 0.3) is 21.5 Å². The molecule has 0 amide bonds. The molecule has 1 heterocycles. The van der Waals surface area contributed by atoms with E-state index in [0.29, 0.717) is 5.92 Å². The molecule has 3 aromatic rings. The second kappa shape index (κ2) is 4.93. The standard InChI is InChI=1S/C17H16BrN/c1-11(2)9-13-10-12-7-8-19-17(18)16(12)15-6-4-3-5-14(13)15/h3-8,10-11H,9H2,1-2H3. The molecule has 0 aliphatic heterocycles. The van der Waals surface area contributed by atoms with Gasteiger partial charge in [-0.2, -0.15) is 0 Å². The molecule has 1 nitrogen and oxygen atoms in total. The van der Waals surface area contributed by atoms with Crippen molar-refractivity contribution in [1.82, 2.24) is 4.98 Å². The molecule has 0 atom stereocenters. The molecule has 1 aromatic heterocycles. The summed E-state index contributed by atoms with van der Waals surface area (Å²) in [6.45, 7) is 4.53. The number of aromatic nitrogens is 1. The minimum atomic E-state index is 0.658. The maximum atomic E-state index is 4.36. The number of fused-ring (bicyclic) bond motifs is 3. The SMILES string of the molecule is CC(C)Cc1cc2ccnc(Br)c2c2ccccc12. The summed E-state index contributed by atoms with van der Waals surface area (Å²) >= 11 is 3.58. The van der Waals surface area contributed by atoms with Crippen molar-refractivity contribution in [3.05, 3.63) is 52.8 Å². The highest BCUT2D eigenvalue weighted by atomic mass is 79.9. The van der Waals surface area contributed by atoms with Gasteiger partial charge in [0.05, 0.1) is 0 Å². The van der Waals surface area contributed by atoms with Crippen molar-refractivity contribution in [3.63, 3.8) is 0 Å². The van der Waals surface area contributed by atoms with E-state index in [2.05, 4.69) is 71.2 Å². The number of nitrogens with zero attached hydrogens (tertiary/aromatic N) is 1. The number of rotatable bonds is 2. The van der Waals surface area contributed by atoms with Crippen molar-refractivity contribution >= 4 is 37.5 Å². The van der Waals surface area contributed by atoms with Crippen LogP contribution in [0.1, 0.15) is 19.4 Å². The van der Waals surface area contributed by atoms with Gasteiger partial charge in [0.25, 0.3) is 0 Å². The summed E-state index contributed by atoms with van der Waals surface area (Å²) in [5.74, 6) is 0.658. The second-order valence-electron chi connectivity index (χ2n) is 5.38. The van der Waals surface area contributed by atoms with Gasteiger partial charge in [-0.05, 0) is 56.1 Å². The highest BCUT2D eigenvalue weighted by molar-refractivity contribution is 9.10. The Bertz CT molecular complexity index is 747. The van der Waals surface area contributed by atoms with Crippen molar-refractivity contribution in [2.24, 2.45) is 5.92 Å². The largest absolute Gasteiger partial charge is 0.249 e. The third-order valence-corrected chi connectivity index (χ3v) is 4.04. The maximum absolute atomic E-state index is 4.36. The molecule has 3 rings (SSSR count). The molecule has 96 valence electrons. The Balaban J connectivity index is 2.43. The van der Waals surface area contributed by atoms with Crippen molar-refractivity contribution in [2.45, 2.75) is 20.3 Å². The van der Waals surface area contributed by atoms with Crippen molar-refractivity contribution in [3.8, 4) is 0 Å². The molecule has 0 unspecified atom stereocenters. The Morgan fingerprint density at radius 2 is 1.84 bits per heavy atom. The fourth-order valence-electron chi connectivity index (χ4n) is 2.69. The predicted molar refractivity (Wildman–Crippen MR) is 85.5 cm³/mol. The van der Waals surface area contributed by atoms with E-state index in [1.165, 1.54) is 27.1 Å². The van der Waals surface area contributed by atoms with Gasteiger partial charge < -0.3 is 0 Å². The Morgan fingerprint density at radius 3 is 2.58 bits per heavy atom. The van der Waals surface area contributed by atoms with E-state index in [4.69, 9.17) is 0 Å². The van der Waals surface area contributed by atoms with Gasteiger partial charge in [0.1, 0.15) is 4.60 Å². The molecule has 0 N–H and O–H groups in total. The molecule has 0 fully saturated rings. The molecule has 19 heavy (non-hydrogen) atoms. The van der Waals surface area contributed by atoms with Gasteiger partial charge in [0.2, 0.25) is 0 Å². The van der Waals surface area contributed by atoms with E-state index in [9.17, 15) is 0 Å². The number of benzene rings is 2. The molecule has 0 bridgehead atoms. The average molecular weight is 314 g/mol. The predicted octanol–water partition coefficient (Wildman–Crippen LogP) is 5.35.